The summed E-state index contributed by atoms with van der Waals surface area (Å²) in [6, 6.07) is 8.46. The van der Waals surface area contributed by atoms with Gasteiger partial charge in [-0.15, -0.1) is 0 Å². The average Bonchev–Trinajstić information content (AvgIpc) is 2.68. The summed E-state index contributed by atoms with van der Waals surface area (Å²) in [5.41, 5.74) is 1.11. The zero-order chi connectivity index (χ0) is 21.0. The SMILES string of the molecule is CC(C)c1ccc(CC(=O)N2CCCC(Oc3nccc(C(F)(F)F)n3)C2)cc1. The molecule has 29 heavy (non-hydrogen) atoms. The summed E-state index contributed by atoms with van der Waals surface area (Å²) in [4.78, 5) is 21.6. The first-order chi connectivity index (χ1) is 13.7. The first kappa shape index (κ1) is 21.1. The van der Waals surface area contributed by atoms with Crippen LogP contribution in [-0.4, -0.2) is 40.0 Å². The Hall–Kier alpha value is -2.64. The molecule has 0 spiro atoms. The molecule has 0 saturated carbocycles. The highest BCUT2D eigenvalue weighted by molar-refractivity contribution is 5.79. The van der Waals surface area contributed by atoms with Crippen LogP contribution < -0.4 is 4.74 Å². The van der Waals surface area contributed by atoms with Gasteiger partial charge in [0.1, 0.15) is 6.10 Å². The quantitative estimate of drug-likeness (QED) is 0.744. The van der Waals surface area contributed by atoms with Crippen molar-refractivity contribution in [2.75, 3.05) is 13.1 Å². The highest BCUT2D eigenvalue weighted by atomic mass is 19.4. The molecular formula is C21H24F3N3O2. The third-order valence-corrected chi connectivity index (χ3v) is 4.93. The zero-order valence-corrected chi connectivity index (χ0v) is 16.4. The van der Waals surface area contributed by atoms with Crippen LogP contribution in [0, 0.1) is 0 Å². The Bertz CT molecular complexity index is 838. The fourth-order valence-electron chi connectivity index (χ4n) is 3.27. The summed E-state index contributed by atoms with van der Waals surface area (Å²) in [6.45, 7) is 5.14. The first-order valence-electron chi connectivity index (χ1n) is 9.66. The second-order valence-electron chi connectivity index (χ2n) is 7.52. The number of hydrogen-bond donors (Lipinski definition) is 0. The molecule has 1 fully saturated rings. The van der Waals surface area contributed by atoms with Gasteiger partial charge in [0, 0.05) is 12.7 Å². The predicted octanol–water partition coefficient (Wildman–Crippen LogP) is 4.23. The Morgan fingerprint density at radius 2 is 1.97 bits per heavy atom. The van der Waals surface area contributed by atoms with Crippen LogP contribution >= 0.6 is 0 Å². The molecule has 1 aliphatic rings. The van der Waals surface area contributed by atoms with E-state index in [0.29, 0.717) is 31.8 Å². The number of rotatable bonds is 5. The van der Waals surface area contributed by atoms with Crippen molar-refractivity contribution in [3.05, 3.63) is 53.3 Å². The lowest BCUT2D eigenvalue weighted by atomic mass is 10.0. The molecule has 1 aromatic carbocycles. The maximum atomic E-state index is 12.8. The van der Waals surface area contributed by atoms with Crippen LogP contribution in [0.3, 0.4) is 0 Å². The second kappa shape index (κ2) is 8.80. The summed E-state index contributed by atoms with van der Waals surface area (Å²) in [6.07, 6.45) is -2.34. The molecule has 0 radical (unpaired) electrons. The lowest BCUT2D eigenvalue weighted by molar-refractivity contribution is -0.141. The van der Waals surface area contributed by atoms with Crippen molar-refractivity contribution in [2.45, 2.75) is 51.3 Å². The van der Waals surface area contributed by atoms with Gasteiger partial charge < -0.3 is 9.64 Å². The van der Waals surface area contributed by atoms with E-state index in [-0.39, 0.29) is 18.3 Å². The minimum atomic E-state index is -4.55. The number of benzene rings is 1. The fourth-order valence-corrected chi connectivity index (χ4v) is 3.27. The fraction of sp³-hybridized carbons (Fsp3) is 0.476. The maximum Gasteiger partial charge on any atom is 0.433 e. The van der Waals surface area contributed by atoms with E-state index in [1.807, 2.05) is 24.3 Å². The largest absolute Gasteiger partial charge is 0.458 e. The normalized spacial score (nSPS) is 17.4. The molecule has 1 unspecified atom stereocenters. The summed E-state index contributed by atoms with van der Waals surface area (Å²) in [7, 11) is 0. The molecule has 0 bridgehead atoms. The van der Waals surface area contributed by atoms with Gasteiger partial charge in [-0.3, -0.25) is 4.79 Å². The molecule has 1 saturated heterocycles. The van der Waals surface area contributed by atoms with E-state index in [2.05, 4.69) is 23.8 Å². The van der Waals surface area contributed by atoms with E-state index in [9.17, 15) is 18.0 Å². The number of carbonyl (C=O) groups excluding carboxylic acids is 1. The predicted molar refractivity (Wildman–Crippen MR) is 101 cm³/mol. The smallest absolute Gasteiger partial charge is 0.433 e. The van der Waals surface area contributed by atoms with Crippen molar-refractivity contribution < 1.29 is 22.7 Å². The molecule has 2 aromatic rings. The Morgan fingerprint density at radius 3 is 2.62 bits per heavy atom. The number of hydrogen-bond acceptors (Lipinski definition) is 4. The summed E-state index contributed by atoms with van der Waals surface area (Å²) >= 11 is 0. The van der Waals surface area contributed by atoms with Crippen LogP contribution in [0.5, 0.6) is 6.01 Å². The van der Waals surface area contributed by atoms with Gasteiger partial charge in [-0.1, -0.05) is 38.1 Å². The van der Waals surface area contributed by atoms with Gasteiger partial charge in [0.15, 0.2) is 5.69 Å². The van der Waals surface area contributed by atoms with E-state index in [1.165, 1.54) is 5.56 Å². The van der Waals surface area contributed by atoms with Crippen molar-refractivity contribution in [3.63, 3.8) is 0 Å². The topological polar surface area (TPSA) is 55.3 Å². The summed E-state index contributed by atoms with van der Waals surface area (Å²) < 4.78 is 43.9. The molecule has 0 aliphatic carbocycles. The van der Waals surface area contributed by atoms with Crippen molar-refractivity contribution >= 4 is 5.91 Å². The Kier molecular flexibility index (Phi) is 6.39. The average molecular weight is 407 g/mol. The summed E-state index contributed by atoms with van der Waals surface area (Å²) in [5, 5.41) is 0. The summed E-state index contributed by atoms with van der Waals surface area (Å²) in [5.74, 6) is 0.401. The molecule has 0 N–H and O–H groups in total. The highest BCUT2D eigenvalue weighted by Gasteiger charge is 2.33. The van der Waals surface area contributed by atoms with Gasteiger partial charge in [-0.25, -0.2) is 4.98 Å². The van der Waals surface area contributed by atoms with E-state index in [4.69, 9.17) is 4.74 Å². The van der Waals surface area contributed by atoms with Gasteiger partial charge in [-0.2, -0.15) is 18.2 Å². The van der Waals surface area contributed by atoms with Crippen LogP contribution in [0.4, 0.5) is 13.2 Å². The molecule has 8 heteroatoms. The number of carbonyl (C=O) groups is 1. The van der Waals surface area contributed by atoms with Crippen LogP contribution in [-0.2, 0) is 17.4 Å². The second-order valence-corrected chi connectivity index (χ2v) is 7.52. The minimum absolute atomic E-state index is 0.0273. The first-order valence-corrected chi connectivity index (χ1v) is 9.66. The van der Waals surface area contributed by atoms with Crippen LogP contribution in [0.1, 0.15) is 49.4 Å². The standard InChI is InChI=1S/C21H24F3N3O2/c1-14(2)16-7-5-15(6-8-16)12-19(28)27-11-3-4-17(13-27)29-20-25-10-9-18(26-20)21(22,23)24/h5-10,14,17H,3-4,11-13H2,1-2H3. The minimum Gasteiger partial charge on any atom is -0.458 e. The number of nitrogens with zero attached hydrogens (tertiary/aromatic N) is 3. The van der Waals surface area contributed by atoms with E-state index in [1.54, 1.807) is 4.90 Å². The van der Waals surface area contributed by atoms with Crippen LogP contribution in [0.25, 0.3) is 0 Å². The Balaban J connectivity index is 1.59. The highest BCUT2D eigenvalue weighted by Crippen LogP contribution is 2.28. The number of aromatic nitrogens is 2. The number of ether oxygens (including phenoxy) is 1. The van der Waals surface area contributed by atoms with E-state index < -0.39 is 18.0 Å². The van der Waals surface area contributed by atoms with Crippen LogP contribution in [0.2, 0.25) is 0 Å². The number of halogens is 3. The molecule has 156 valence electrons. The number of piperidine rings is 1. The maximum absolute atomic E-state index is 12.8. The molecule has 3 rings (SSSR count). The van der Waals surface area contributed by atoms with Gasteiger partial charge in [-0.05, 0) is 36.0 Å². The Labute approximate surface area is 167 Å². The molecule has 5 nitrogen and oxygen atoms in total. The zero-order valence-electron chi connectivity index (χ0n) is 16.4. The third-order valence-electron chi connectivity index (χ3n) is 4.93. The lowest BCUT2D eigenvalue weighted by Crippen LogP contribution is -2.45. The van der Waals surface area contributed by atoms with E-state index >= 15 is 0 Å². The van der Waals surface area contributed by atoms with Gasteiger partial charge in [0.2, 0.25) is 5.91 Å². The van der Waals surface area contributed by atoms with Gasteiger partial charge in [0.25, 0.3) is 0 Å². The molecule has 1 aliphatic heterocycles. The molecule has 1 atom stereocenters. The molecule has 1 aromatic heterocycles. The number of amides is 1. The lowest BCUT2D eigenvalue weighted by Gasteiger charge is -2.32. The number of alkyl halides is 3. The van der Waals surface area contributed by atoms with E-state index in [0.717, 1.165) is 17.8 Å². The molecular weight excluding hydrogens is 383 g/mol. The number of likely N-dealkylation sites (tertiary alicyclic amines) is 1. The van der Waals surface area contributed by atoms with Gasteiger partial charge in [0.05, 0.1) is 13.0 Å². The van der Waals surface area contributed by atoms with Gasteiger partial charge >= 0.3 is 12.2 Å². The third kappa shape index (κ3) is 5.68. The monoisotopic (exact) mass is 407 g/mol. The van der Waals surface area contributed by atoms with Crippen LogP contribution in [0.15, 0.2) is 36.5 Å². The van der Waals surface area contributed by atoms with Crippen molar-refractivity contribution in [3.8, 4) is 6.01 Å². The van der Waals surface area contributed by atoms with Crippen molar-refractivity contribution in [1.29, 1.82) is 0 Å². The molecule has 1 amide bonds. The van der Waals surface area contributed by atoms with Crippen molar-refractivity contribution in [1.82, 2.24) is 14.9 Å². The Morgan fingerprint density at radius 1 is 1.24 bits per heavy atom. The van der Waals surface area contributed by atoms with Crippen molar-refractivity contribution in [2.24, 2.45) is 0 Å². The molecule has 2 heterocycles.